The van der Waals surface area contributed by atoms with Crippen molar-refractivity contribution in [2.75, 3.05) is 7.11 Å². The molecular weight excluding hydrogens is 336 g/mol. The minimum atomic E-state index is -0.353. The second-order valence-corrected chi connectivity index (χ2v) is 6.70. The summed E-state index contributed by atoms with van der Waals surface area (Å²) in [4.78, 5) is 16.3. The Balaban J connectivity index is 2.02. The Hall–Kier alpha value is -2.86. The number of esters is 1. The van der Waals surface area contributed by atoms with Crippen LogP contribution in [0, 0.1) is 6.92 Å². The molecular formula is C19H16N2O3S. The smallest absolute Gasteiger partial charge is 0.308 e. The number of methoxy groups -OCH3 is 1. The number of carbonyl (C=O) groups excluding carboxylic acids is 1. The number of hydrogen-bond acceptors (Lipinski definition) is 5. The Labute approximate surface area is 148 Å². The average molecular weight is 352 g/mol. The van der Waals surface area contributed by atoms with E-state index in [2.05, 4.69) is 0 Å². The van der Waals surface area contributed by atoms with Gasteiger partial charge in [-0.1, -0.05) is 23.5 Å². The Morgan fingerprint density at radius 2 is 2.00 bits per heavy atom. The number of rotatable bonds is 3. The van der Waals surface area contributed by atoms with Gasteiger partial charge in [-0.15, -0.1) is 0 Å². The van der Waals surface area contributed by atoms with Gasteiger partial charge in [0.05, 0.1) is 28.5 Å². The van der Waals surface area contributed by atoms with Crippen molar-refractivity contribution in [3.63, 3.8) is 0 Å². The fourth-order valence-corrected chi connectivity index (χ4v) is 4.00. The molecule has 0 N–H and O–H groups in total. The Kier molecular flexibility index (Phi) is 3.69. The highest BCUT2D eigenvalue weighted by Crippen LogP contribution is 2.39. The monoisotopic (exact) mass is 352 g/mol. The fraction of sp³-hybridized carbons (Fsp3) is 0.158. The zero-order valence-electron chi connectivity index (χ0n) is 14.1. The van der Waals surface area contributed by atoms with Crippen LogP contribution in [-0.2, 0) is 4.79 Å². The minimum absolute atomic E-state index is 0.353. The van der Waals surface area contributed by atoms with Crippen LogP contribution in [0.3, 0.4) is 0 Å². The lowest BCUT2D eigenvalue weighted by molar-refractivity contribution is -0.131. The first-order valence-corrected chi connectivity index (χ1v) is 8.63. The van der Waals surface area contributed by atoms with E-state index in [-0.39, 0.29) is 5.97 Å². The van der Waals surface area contributed by atoms with E-state index in [0.717, 1.165) is 31.9 Å². The van der Waals surface area contributed by atoms with Crippen molar-refractivity contribution in [1.82, 2.24) is 9.55 Å². The molecule has 0 aliphatic carbocycles. The third kappa shape index (κ3) is 2.55. The lowest BCUT2D eigenvalue weighted by atomic mass is 10.2. The molecule has 2 aromatic heterocycles. The zero-order valence-corrected chi connectivity index (χ0v) is 14.9. The summed E-state index contributed by atoms with van der Waals surface area (Å²) < 4.78 is 14.0. The SMILES string of the molecule is COc1ccc2c(c1)c(OC(C)=O)c(C)n2-c1nc2ccccc2s1. The molecule has 5 nitrogen and oxygen atoms in total. The van der Waals surface area contributed by atoms with Crippen LogP contribution in [0.5, 0.6) is 11.5 Å². The van der Waals surface area contributed by atoms with Crippen LogP contribution in [0.4, 0.5) is 0 Å². The molecule has 126 valence electrons. The van der Waals surface area contributed by atoms with Crippen LogP contribution in [-0.4, -0.2) is 22.6 Å². The van der Waals surface area contributed by atoms with Crippen molar-refractivity contribution in [2.24, 2.45) is 0 Å². The second kappa shape index (κ2) is 5.89. The van der Waals surface area contributed by atoms with Crippen molar-refractivity contribution >= 4 is 38.4 Å². The number of thiazole rings is 1. The Morgan fingerprint density at radius 1 is 1.20 bits per heavy atom. The molecule has 2 heterocycles. The van der Waals surface area contributed by atoms with Gasteiger partial charge in [-0.05, 0) is 37.3 Å². The van der Waals surface area contributed by atoms with Crippen molar-refractivity contribution < 1.29 is 14.3 Å². The van der Waals surface area contributed by atoms with E-state index in [0.29, 0.717) is 11.5 Å². The third-order valence-electron chi connectivity index (χ3n) is 4.07. The third-order valence-corrected chi connectivity index (χ3v) is 5.09. The number of carbonyl (C=O) groups is 1. The number of hydrogen-bond donors (Lipinski definition) is 0. The largest absolute Gasteiger partial charge is 0.497 e. The molecule has 2 aromatic carbocycles. The molecule has 0 aliphatic rings. The molecule has 0 amide bonds. The number of nitrogens with zero attached hydrogens (tertiary/aromatic N) is 2. The van der Waals surface area contributed by atoms with Crippen LogP contribution in [0.15, 0.2) is 42.5 Å². The maximum Gasteiger partial charge on any atom is 0.308 e. The molecule has 0 saturated carbocycles. The molecule has 4 rings (SSSR count). The van der Waals surface area contributed by atoms with Crippen molar-refractivity contribution in [3.8, 4) is 16.6 Å². The molecule has 25 heavy (non-hydrogen) atoms. The van der Waals surface area contributed by atoms with Gasteiger partial charge in [0, 0.05) is 12.3 Å². The average Bonchev–Trinajstić information content (AvgIpc) is 3.13. The predicted octanol–water partition coefficient (Wildman–Crippen LogP) is 4.48. The normalized spacial score (nSPS) is 11.2. The summed E-state index contributed by atoms with van der Waals surface area (Å²) in [5, 5.41) is 1.67. The van der Waals surface area contributed by atoms with Crippen LogP contribution in [0.1, 0.15) is 12.6 Å². The van der Waals surface area contributed by atoms with Crippen LogP contribution in [0.25, 0.3) is 26.3 Å². The van der Waals surface area contributed by atoms with Gasteiger partial charge in [0.15, 0.2) is 10.9 Å². The first kappa shape index (κ1) is 15.7. The fourth-order valence-electron chi connectivity index (χ4n) is 2.97. The van der Waals surface area contributed by atoms with E-state index >= 15 is 0 Å². The molecule has 0 aliphatic heterocycles. The first-order valence-electron chi connectivity index (χ1n) is 7.82. The molecule has 0 saturated heterocycles. The number of para-hydroxylation sites is 1. The van der Waals surface area contributed by atoms with Crippen molar-refractivity contribution in [2.45, 2.75) is 13.8 Å². The number of aromatic nitrogens is 2. The minimum Gasteiger partial charge on any atom is -0.497 e. The molecule has 6 heteroatoms. The van der Waals surface area contributed by atoms with E-state index in [1.165, 1.54) is 6.92 Å². The molecule has 0 radical (unpaired) electrons. The summed E-state index contributed by atoms with van der Waals surface area (Å²) in [5.74, 6) is 0.900. The Morgan fingerprint density at radius 3 is 2.72 bits per heavy atom. The summed E-state index contributed by atoms with van der Waals surface area (Å²) >= 11 is 1.60. The van der Waals surface area contributed by atoms with Gasteiger partial charge >= 0.3 is 5.97 Å². The van der Waals surface area contributed by atoms with Crippen LogP contribution >= 0.6 is 11.3 Å². The topological polar surface area (TPSA) is 53.4 Å². The maximum absolute atomic E-state index is 11.6. The van der Waals surface area contributed by atoms with E-state index in [1.54, 1.807) is 18.4 Å². The molecule has 0 atom stereocenters. The van der Waals surface area contributed by atoms with Gasteiger partial charge in [-0.25, -0.2) is 4.98 Å². The number of benzene rings is 2. The quantitative estimate of drug-likeness (QED) is 0.510. The lowest BCUT2D eigenvalue weighted by Crippen LogP contribution is -2.03. The maximum atomic E-state index is 11.6. The molecule has 0 fully saturated rings. The van der Waals surface area contributed by atoms with Gasteiger partial charge in [-0.3, -0.25) is 9.36 Å². The van der Waals surface area contributed by atoms with Gasteiger partial charge in [-0.2, -0.15) is 0 Å². The van der Waals surface area contributed by atoms with Gasteiger partial charge in [0.25, 0.3) is 0 Å². The summed E-state index contributed by atoms with van der Waals surface area (Å²) in [5.41, 5.74) is 2.71. The predicted molar refractivity (Wildman–Crippen MR) is 99.1 cm³/mol. The summed E-state index contributed by atoms with van der Waals surface area (Å²) in [6.45, 7) is 3.33. The highest BCUT2D eigenvalue weighted by molar-refractivity contribution is 7.20. The zero-order chi connectivity index (χ0) is 17.6. The highest BCUT2D eigenvalue weighted by Gasteiger charge is 2.20. The highest BCUT2D eigenvalue weighted by atomic mass is 32.1. The van der Waals surface area contributed by atoms with Crippen molar-refractivity contribution in [3.05, 3.63) is 48.2 Å². The van der Waals surface area contributed by atoms with Crippen LogP contribution < -0.4 is 9.47 Å². The van der Waals surface area contributed by atoms with Gasteiger partial charge in [0.2, 0.25) is 0 Å². The van der Waals surface area contributed by atoms with Crippen LogP contribution in [0.2, 0.25) is 0 Å². The molecule has 0 bridgehead atoms. The number of ether oxygens (including phenoxy) is 2. The second-order valence-electron chi connectivity index (χ2n) is 5.69. The van der Waals surface area contributed by atoms with Gasteiger partial charge in [0.1, 0.15) is 5.75 Å². The Bertz CT molecular complexity index is 1080. The van der Waals surface area contributed by atoms with E-state index in [4.69, 9.17) is 14.5 Å². The van der Waals surface area contributed by atoms with E-state index in [9.17, 15) is 4.79 Å². The molecule has 0 unspecified atom stereocenters. The van der Waals surface area contributed by atoms with Crippen molar-refractivity contribution in [1.29, 1.82) is 0 Å². The summed E-state index contributed by atoms with van der Waals surface area (Å²) in [6.07, 6.45) is 0. The van der Waals surface area contributed by atoms with Gasteiger partial charge < -0.3 is 9.47 Å². The first-order chi connectivity index (χ1) is 12.1. The van der Waals surface area contributed by atoms with E-state index in [1.807, 2.05) is 54.0 Å². The summed E-state index contributed by atoms with van der Waals surface area (Å²) in [7, 11) is 1.62. The summed E-state index contributed by atoms with van der Waals surface area (Å²) in [6, 6.07) is 13.7. The molecule has 4 aromatic rings. The molecule has 0 spiro atoms. The van der Waals surface area contributed by atoms with E-state index < -0.39 is 0 Å². The number of fused-ring (bicyclic) bond motifs is 2. The lowest BCUT2D eigenvalue weighted by Gasteiger charge is -2.04. The standard InChI is InChI=1S/C19H16N2O3S/c1-11-18(24-12(2)22)14-10-13(23-3)8-9-16(14)21(11)19-20-15-6-4-5-7-17(15)25-19/h4-10H,1-3H3.